The molecule has 0 bridgehead atoms. The Balaban J connectivity index is 1.96. The number of halogens is 3. The largest absolute Gasteiger partial charge is 0.401 e. The second-order valence-electron chi connectivity index (χ2n) is 6.66. The van der Waals surface area contributed by atoms with E-state index in [0.29, 0.717) is 18.4 Å². The third-order valence-electron chi connectivity index (χ3n) is 4.62. The molecule has 2 rings (SSSR count). The van der Waals surface area contributed by atoms with E-state index in [2.05, 4.69) is 13.8 Å². The molecule has 2 saturated carbocycles. The molecule has 0 saturated heterocycles. The zero-order valence-electron chi connectivity index (χ0n) is 11.8. The van der Waals surface area contributed by atoms with Crippen molar-refractivity contribution in [1.82, 2.24) is 4.90 Å². The lowest BCUT2D eigenvalue weighted by Gasteiger charge is -2.40. The third kappa shape index (κ3) is 4.35. The van der Waals surface area contributed by atoms with Gasteiger partial charge in [-0.2, -0.15) is 13.2 Å². The van der Waals surface area contributed by atoms with E-state index in [9.17, 15) is 13.2 Å². The van der Waals surface area contributed by atoms with Crippen molar-refractivity contribution in [2.75, 3.05) is 13.1 Å². The van der Waals surface area contributed by atoms with E-state index in [-0.39, 0.29) is 18.0 Å². The van der Waals surface area contributed by atoms with Crippen molar-refractivity contribution in [2.24, 2.45) is 23.5 Å². The highest BCUT2D eigenvalue weighted by Gasteiger charge is 2.41. The van der Waals surface area contributed by atoms with Crippen molar-refractivity contribution < 1.29 is 13.2 Å². The van der Waals surface area contributed by atoms with Gasteiger partial charge in [0.05, 0.1) is 6.54 Å². The van der Waals surface area contributed by atoms with E-state index in [1.54, 1.807) is 4.90 Å². The Morgan fingerprint density at radius 1 is 1.16 bits per heavy atom. The van der Waals surface area contributed by atoms with Crippen LogP contribution in [0, 0.1) is 17.8 Å². The van der Waals surface area contributed by atoms with Crippen LogP contribution < -0.4 is 5.73 Å². The molecular weight excluding hydrogens is 253 g/mol. The molecule has 4 unspecified atom stereocenters. The standard InChI is InChI=1S/C14H25F3N2/c1-9-5-10(2)12(13(18)6-9)7-19(11-3-4-11)8-14(15,16)17/h9-13H,3-8,18H2,1-2H3. The first kappa shape index (κ1) is 15.1. The summed E-state index contributed by atoms with van der Waals surface area (Å²) in [5, 5.41) is 0. The highest BCUT2D eigenvalue weighted by atomic mass is 19.4. The Labute approximate surface area is 113 Å². The normalized spacial score (nSPS) is 36.8. The van der Waals surface area contributed by atoms with Crippen molar-refractivity contribution >= 4 is 0 Å². The number of rotatable bonds is 4. The van der Waals surface area contributed by atoms with Crippen LogP contribution in [0.2, 0.25) is 0 Å². The SMILES string of the molecule is CC1CC(C)C(CN(CC(F)(F)F)C2CC2)C(N)C1. The lowest BCUT2D eigenvalue weighted by atomic mass is 9.72. The third-order valence-corrected chi connectivity index (χ3v) is 4.62. The number of hydrogen-bond donors (Lipinski definition) is 1. The molecule has 2 N–H and O–H groups in total. The topological polar surface area (TPSA) is 29.3 Å². The van der Waals surface area contributed by atoms with Crippen LogP contribution in [0.4, 0.5) is 13.2 Å². The fraction of sp³-hybridized carbons (Fsp3) is 1.00. The number of nitrogens with zero attached hydrogens (tertiary/aromatic N) is 1. The number of hydrogen-bond acceptors (Lipinski definition) is 2. The van der Waals surface area contributed by atoms with Crippen LogP contribution >= 0.6 is 0 Å². The van der Waals surface area contributed by atoms with Gasteiger partial charge in [-0.1, -0.05) is 13.8 Å². The lowest BCUT2D eigenvalue weighted by Crippen LogP contribution is -2.49. The summed E-state index contributed by atoms with van der Waals surface area (Å²) < 4.78 is 37.9. The van der Waals surface area contributed by atoms with E-state index in [0.717, 1.165) is 25.7 Å². The molecule has 5 heteroatoms. The molecule has 0 aromatic rings. The van der Waals surface area contributed by atoms with Crippen LogP contribution in [0.3, 0.4) is 0 Å². The summed E-state index contributed by atoms with van der Waals surface area (Å²) in [7, 11) is 0. The summed E-state index contributed by atoms with van der Waals surface area (Å²) in [4.78, 5) is 1.62. The van der Waals surface area contributed by atoms with Crippen LogP contribution in [0.25, 0.3) is 0 Å². The van der Waals surface area contributed by atoms with Gasteiger partial charge in [-0.3, -0.25) is 4.90 Å². The van der Waals surface area contributed by atoms with Crippen LogP contribution in [0.1, 0.15) is 39.5 Å². The van der Waals surface area contributed by atoms with Gasteiger partial charge in [-0.05, 0) is 43.4 Å². The minimum absolute atomic E-state index is 0.0493. The summed E-state index contributed by atoms with van der Waals surface area (Å²) in [6.07, 6.45) is -0.258. The van der Waals surface area contributed by atoms with E-state index in [4.69, 9.17) is 5.73 Å². The fourth-order valence-corrected chi connectivity index (χ4v) is 3.57. The minimum Gasteiger partial charge on any atom is -0.327 e. The molecule has 0 aliphatic heterocycles. The molecule has 112 valence electrons. The summed E-state index contributed by atoms with van der Waals surface area (Å²) in [5.74, 6) is 1.23. The molecule has 0 radical (unpaired) electrons. The Hall–Kier alpha value is -0.290. The van der Waals surface area contributed by atoms with E-state index in [1.165, 1.54) is 0 Å². The Morgan fingerprint density at radius 3 is 2.26 bits per heavy atom. The molecule has 2 nitrogen and oxygen atoms in total. The van der Waals surface area contributed by atoms with Crippen molar-refractivity contribution in [3.8, 4) is 0 Å². The van der Waals surface area contributed by atoms with Crippen molar-refractivity contribution in [2.45, 2.75) is 57.8 Å². The first-order valence-corrected chi connectivity index (χ1v) is 7.32. The minimum atomic E-state index is -4.10. The highest BCUT2D eigenvalue weighted by Crippen LogP contribution is 2.37. The van der Waals surface area contributed by atoms with Gasteiger partial charge in [0.1, 0.15) is 0 Å². The monoisotopic (exact) mass is 278 g/mol. The van der Waals surface area contributed by atoms with Gasteiger partial charge in [0, 0.05) is 18.6 Å². The maximum Gasteiger partial charge on any atom is 0.401 e. The van der Waals surface area contributed by atoms with Gasteiger partial charge in [0.15, 0.2) is 0 Å². The van der Waals surface area contributed by atoms with Gasteiger partial charge in [0.2, 0.25) is 0 Å². The highest BCUT2D eigenvalue weighted by molar-refractivity contribution is 4.92. The lowest BCUT2D eigenvalue weighted by molar-refractivity contribution is -0.149. The summed E-state index contributed by atoms with van der Waals surface area (Å²) in [5.41, 5.74) is 6.18. The fourth-order valence-electron chi connectivity index (χ4n) is 3.57. The van der Waals surface area contributed by atoms with E-state index < -0.39 is 12.7 Å². The smallest absolute Gasteiger partial charge is 0.327 e. The first-order chi connectivity index (χ1) is 8.76. The van der Waals surface area contributed by atoms with Gasteiger partial charge in [-0.15, -0.1) is 0 Å². The molecular formula is C14H25F3N2. The quantitative estimate of drug-likeness (QED) is 0.856. The average Bonchev–Trinajstić information content (AvgIpc) is 3.03. The molecule has 0 aromatic carbocycles. The van der Waals surface area contributed by atoms with Gasteiger partial charge < -0.3 is 5.73 Å². The van der Waals surface area contributed by atoms with E-state index in [1.807, 2.05) is 0 Å². The van der Waals surface area contributed by atoms with Crippen LogP contribution in [-0.2, 0) is 0 Å². The number of nitrogens with two attached hydrogens (primary N) is 1. The summed E-state index contributed by atoms with van der Waals surface area (Å²) >= 11 is 0. The van der Waals surface area contributed by atoms with E-state index >= 15 is 0 Å². The predicted molar refractivity (Wildman–Crippen MR) is 69.7 cm³/mol. The predicted octanol–water partition coefficient (Wildman–Crippen LogP) is 3.02. The molecule has 4 atom stereocenters. The Morgan fingerprint density at radius 2 is 1.79 bits per heavy atom. The molecule has 0 aromatic heterocycles. The van der Waals surface area contributed by atoms with Gasteiger partial charge in [-0.25, -0.2) is 0 Å². The molecule has 2 aliphatic carbocycles. The summed E-state index contributed by atoms with van der Waals surface area (Å²) in [6.45, 7) is 4.06. The Bertz CT molecular complexity index is 290. The maximum atomic E-state index is 12.6. The molecule has 0 heterocycles. The average molecular weight is 278 g/mol. The molecule has 0 amide bonds. The van der Waals surface area contributed by atoms with Crippen LogP contribution in [-0.4, -0.2) is 36.2 Å². The summed E-state index contributed by atoms with van der Waals surface area (Å²) in [6, 6.07) is 0.189. The number of alkyl halides is 3. The zero-order valence-corrected chi connectivity index (χ0v) is 11.8. The van der Waals surface area contributed by atoms with Crippen LogP contribution in [0.15, 0.2) is 0 Å². The van der Waals surface area contributed by atoms with Crippen molar-refractivity contribution in [3.05, 3.63) is 0 Å². The second kappa shape index (κ2) is 5.60. The van der Waals surface area contributed by atoms with Gasteiger partial charge in [0.25, 0.3) is 0 Å². The van der Waals surface area contributed by atoms with Crippen molar-refractivity contribution in [3.63, 3.8) is 0 Å². The first-order valence-electron chi connectivity index (χ1n) is 7.32. The van der Waals surface area contributed by atoms with Gasteiger partial charge >= 0.3 is 6.18 Å². The maximum absolute atomic E-state index is 12.6. The Kier molecular flexibility index (Phi) is 4.45. The molecule has 2 aliphatic rings. The second-order valence-corrected chi connectivity index (χ2v) is 6.66. The van der Waals surface area contributed by atoms with Crippen LogP contribution in [0.5, 0.6) is 0 Å². The zero-order chi connectivity index (χ0) is 14.2. The van der Waals surface area contributed by atoms with Crippen molar-refractivity contribution in [1.29, 1.82) is 0 Å². The molecule has 19 heavy (non-hydrogen) atoms. The molecule has 2 fully saturated rings. The molecule has 0 spiro atoms.